The standard InChI is InChI=1S/C15H12ClN3O2/c1-2-11-18-13(8-3-5-9(16)6-4-8)12-10(15(20)21)7-17-14(12)19-11/h3-7H,2H2,1H3,(H,20,21)(H,17,18,19). The summed E-state index contributed by atoms with van der Waals surface area (Å²) < 4.78 is 0. The van der Waals surface area contributed by atoms with Gasteiger partial charge in [-0.05, 0) is 12.1 Å². The quantitative estimate of drug-likeness (QED) is 0.775. The summed E-state index contributed by atoms with van der Waals surface area (Å²) in [6.45, 7) is 1.95. The van der Waals surface area contributed by atoms with Crippen LogP contribution in [0.2, 0.25) is 5.02 Å². The highest BCUT2D eigenvalue weighted by Gasteiger charge is 2.18. The van der Waals surface area contributed by atoms with Crippen LogP contribution in [0, 0.1) is 0 Å². The smallest absolute Gasteiger partial charge is 0.338 e. The van der Waals surface area contributed by atoms with E-state index in [-0.39, 0.29) is 5.56 Å². The van der Waals surface area contributed by atoms with Gasteiger partial charge in [-0.15, -0.1) is 0 Å². The number of hydrogen-bond acceptors (Lipinski definition) is 3. The molecule has 0 atom stereocenters. The number of fused-ring (bicyclic) bond motifs is 1. The minimum Gasteiger partial charge on any atom is -0.478 e. The zero-order valence-corrected chi connectivity index (χ0v) is 12.0. The molecular formula is C15H12ClN3O2. The molecular weight excluding hydrogens is 290 g/mol. The van der Waals surface area contributed by atoms with Crippen LogP contribution in [0.3, 0.4) is 0 Å². The van der Waals surface area contributed by atoms with Gasteiger partial charge in [-0.1, -0.05) is 30.7 Å². The van der Waals surface area contributed by atoms with E-state index in [0.717, 1.165) is 5.56 Å². The van der Waals surface area contributed by atoms with Gasteiger partial charge in [0.25, 0.3) is 0 Å². The lowest BCUT2D eigenvalue weighted by molar-refractivity contribution is 0.0699. The number of aromatic amines is 1. The molecule has 106 valence electrons. The lowest BCUT2D eigenvalue weighted by Gasteiger charge is -2.06. The monoisotopic (exact) mass is 301 g/mol. The minimum atomic E-state index is -1.01. The molecule has 2 N–H and O–H groups in total. The number of benzene rings is 1. The van der Waals surface area contributed by atoms with Crippen LogP contribution >= 0.6 is 11.6 Å². The fourth-order valence-electron chi connectivity index (χ4n) is 2.22. The molecule has 0 fully saturated rings. The van der Waals surface area contributed by atoms with Crippen molar-refractivity contribution in [2.24, 2.45) is 0 Å². The van der Waals surface area contributed by atoms with Crippen molar-refractivity contribution in [2.75, 3.05) is 0 Å². The number of halogens is 1. The van der Waals surface area contributed by atoms with Crippen molar-refractivity contribution in [2.45, 2.75) is 13.3 Å². The van der Waals surface area contributed by atoms with Gasteiger partial charge in [-0.25, -0.2) is 14.8 Å². The molecule has 0 aliphatic heterocycles. The highest BCUT2D eigenvalue weighted by molar-refractivity contribution is 6.30. The zero-order valence-electron chi connectivity index (χ0n) is 11.2. The molecule has 0 aliphatic carbocycles. The summed E-state index contributed by atoms with van der Waals surface area (Å²) in [5.41, 5.74) is 2.11. The Morgan fingerprint density at radius 3 is 2.62 bits per heavy atom. The second-order valence-corrected chi connectivity index (χ2v) is 5.02. The Balaban J connectivity index is 2.34. The zero-order chi connectivity index (χ0) is 15.0. The average Bonchev–Trinajstić information content (AvgIpc) is 2.91. The van der Waals surface area contributed by atoms with Crippen LogP contribution in [-0.4, -0.2) is 26.0 Å². The molecule has 21 heavy (non-hydrogen) atoms. The third-order valence-corrected chi connectivity index (χ3v) is 3.49. The minimum absolute atomic E-state index is 0.164. The normalized spacial score (nSPS) is 11.0. The molecule has 0 saturated heterocycles. The number of aryl methyl sites for hydroxylation is 1. The Morgan fingerprint density at radius 2 is 2.00 bits per heavy atom. The molecule has 0 radical (unpaired) electrons. The average molecular weight is 302 g/mol. The number of carboxylic acid groups (broad SMARTS) is 1. The van der Waals surface area contributed by atoms with E-state index in [1.54, 1.807) is 12.1 Å². The summed E-state index contributed by atoms with van der Waals surface area (Å²) in [7, 11) is 0. The van der Waals surface area contributed by atoms with E-state index >= 15 is 0 Å². The van der Waals surface area contributed by atoms with Gasteiger partial charge in [0.05, 0.1) is 16.6 Å². The van der Waals surface area contributed by atoms with Crippen molar-refractivity contribution >= 4 is 28.6 Å². The van der Waals surface area contributed by atoms with Gasteiger partial charge >= 0.3 is 5.97 Å². The number of carboxylic acids is 1. The maximum absolute atomic E-state index is 11.4. The van der Waals surface area contributed by atoms with Crippen molar-refractivity contribution in [3.8, 4) is 11.3 Å². The van der Waals surface area contributed by atoms with Crippen LogP contribution in [0.1, 0.15) is 23.1 Å². The molecule has 6 heteroatoms. The van der Waals surface area contributed by atoms with Gasteiger partial charge in [0.2, 0.25) is 0 Å². The second kappa shape index (κ2) is 5.18. The van der Waals surface area contributed by atoms with Crippen LogP contribution in [-0.2, 0) is 6.42 Å². The number of carbonyl (C=O) groups is 1. The third kappa shape index (κ3) is 2.36. The van der Waals surface area contributed by atoms with Crippen molar-refractivity contribution in [3.63, 3.8) is 0 Å². The molecule has 1 aromatic carbocycles. The van der Waals surface area contributed by atoms with Crippen molar-refractivity contribution < 1.29 is 9.90 Å². The topological polar surface area (TPSA) is 78.9 Å². The van der Waals surface area contributed by atoms with Crippen molar-refractivity contribution in [3.05, 3.63) is 46.9 Å². The number of nitrogens with zero attached hydrogens (tertiary/aromatic N) is 2. The van der Waals surface area contributed by atoms with Crippen LogP contribution in [0.25, 0.3) is 22.3 Å². The van der Waals surface area contributed by atoms with Gasteiger partial charge in [-0.3, -0.25) is 0 Å². The molecule has 3 aromatic rings. The predicted octanol–water partition coefficient (Wildman–Crippen LogP) is 3.54. The van der Waals surface area contributed by atoms with Crippen LogP contribution < -0.4 is 0 Å². The Kier molecular flexibility index (Phi) is 3.35. The lowest BCUT2D eigenvalue weighted by Crippen LogP contribution is -2.00. The Labute approximate surface area is 125 Å². The van der Waals surface area contributed by atoms with Crippen LogP contribution in [0.4, 0.5) is 0 Å². The highest BCUT2D eigenvalue weighted by atomic mass is 35.5. The molecule has 0 spiro atoms. The van der Waals surface area contributed by atoms with E-state index in [1.165, 1.54) is 6.20 Å². The molecule has 0 bridgehead atoms. The molecule has 0 aliphatic rings. The molecule has 0 saturated carbocycles. The first kappa shape index (κ1) is 13.6. The van der Waals surface area contributed by atoms with Gasteiger partial charge < -0.3 is 10.1 Å². The van der Waals surface area contributed by atoms with E-state index in [9.17, 15) is 9.90 Å². The summed E-state index contributed by atoms with van der Waals surface area (Å²) in [5, 5.41) is 10.5. The predicted molar refractivity (Wildman–Crippen MR) is 80.7 cm³/mol. The third-order valence-electron chi connectivity index (χ3n) is 3.24. The van der Waals surface area contributed by atoms with E-state index < -0.39 is 5.97 Å². The largest absolute Gasteiger partial charge is 0.478 e. The SMILES string of the molecule is CCc1nc(-c2ccc(Cl)cc2)c2c(C(=O)O)c[nH]c2n1. The first-order chi connectivity index (χ1) is 10.1. The summed E-state index contributed by atoms with van der Waals surface area (Å²) in [4.78, 5) is 23.1. The lowest BCUT2D eigenvalue weighted by atomic mass is 10.1. The van der Waals surface area contributed by atoms with E-state index in [2.05, 4.69) is 15.0 Å². The summed E-state index contributed by atoms with van der Waals surface area (Å²) in [6, 6.07) is 7.15. The first-order valence-corrected chi connectivity index (χ1v) is 6.85. The van der Waals surface area contributed by atoms with Crippen LogP contribution in [0.15, 0.2) is 30.5 Å². The number of aromatic carboxylic acids is 1. The van der Waals surface area contributed by atoms with Gasteiger partial charge in [0.1, 0.15) is 11.5 Å². The van der Waals surface area contributed by atoms with E-state index in [0.29, 0.717) is 34.0 Å². The number of hydrogen-bond donors (Lipinski definition) is 2. The number of H-pyrrole nitrogens is 1. The fraction of sp³-hybridized carbons (Fsp3) is 0.133. The summed E-state index contributed by atoms with van der Waals surface area (Å²) in [5.74, 6) is -0.351. The molecule has 2 aromatic heterocycles. The van der Waals surface area contributed by atoms with Crippen LogP contribution in [0.5, 0.6) is 0 Å². The molecule has 3 rings (SSSR count). The Bertz CT molecular complexity index is 825. The Morgan fingerprint density at radius 1 is 1.29 bits per heavy atom. The molecule has 0 unspecified atom stereocenters. The molecule has 0 amide bonds. The summed E-state index contributed by atoms with van der Waals surface area (Å²) in [6.07, 6.45) is 2.11. The number of aromatic nitrogens is 3. The number of rotatable bonds is 3. The highest BCUT2D eigenvalue weighted by Crippen LogP contribution is 2.29. The van der Waals surface area contributed by atoms with Gasteiger partial charge in [0.15, 0.2) is 0 Å². The van der Waals surface area contributed by atoms with Gasteiger partial charge in [0, 0.05) is 23.2 Å². The van der Waals surface area contributed by atoms with E-state index in [1.807, 2.05) is 19.1 Å². The van der Waals surface area contributed by atoms with Crippen molar-refractivity contribution in [1.82, 2.24) is 15.0 Å². The fourth-order valence-corrected chi connectivity index (χ4v) is 2.35. The maximum Gasteiger partial charge on any atom is 0.338 e. The first-order valence-electron chi connectivity index (χ1n) is 6.47. The summed E-state index contributed by atoms with van der Waals surface area (Å²) >= 11 is 5.90. The number of nitrogens with one attached hydrogen (secondary N) is 1. The van der Waals surface area contributed by atoms with Gasteiger partial charge in [-0.2, -0.15) is 0 Å². The molecule has 2 heterocycles. The maximum atomic E-state index is 11.4. The van der Waals surface area contributed by atoms with E-state index in [4.69, 9.17) is 11.6 Å². The Hall–Kier alpha value is -2.40. The van der Waals surface area contributed by atoms with Crippen molar-refractivity contribution in [1.29, 1.82) is 0 Å². The second-order valence-electron chi connectivity index (χ2n) is 4.58. The molecule has 5 nitrogen and oxygen atoms in total.